The molecule has 0 atom stereocenters. The summed E-state index contributed by atoms with van der Waals surface area (Å²) in [7, 11) is 0. The van der Waals surface area contributed by atoms with Crippen LogP contribution in [0, 0.1) is 0 Å². The fraction of sp³-hybridized carbons (Fsp3) is 0.0426. The highest BCUT2D eigenvalue weighted by Gasteiger charge is 2.21. The summed E-state index contributed by atoms with van der Waals surface area (Å²) in [6.07, 6.45) is 8.77. The lowest BCUT2D eigenvalue weighted by Crippen LogP contribution is -2.00. The normalized spacial score (nSPS) is 13.2. The van der Waals surface area contributed by atoms with E-state index < -0.39 is 0 Å². The Balaban J connectivity index is 1.07. The SMILES string of the molecule is C1=Cc2c(c3ccccc3n2-c2ccc3c(c2)c2ccccc2n3-c2ccc3sc4c(-n5c6ccccc6c6ccccc65)nccc4c3c2)CC1. The Kier molecular flexibility index (Phi) is 5.74. The average Bonchev–Trinajstić information content (AvgIpc) is 3.94. The van der Waals surface area contributed by atoms with Crippen molar-refractivity contribution in [3.05, 3.63) is 163 Å². The van der Waals surface area contributed by atoms with Gasteiger partial charge in [0, 0.05) is 65.7 Å². The second kappa shape index (κ2) is 10.5. The van der Waals surface area contributed by atoms with Crippen LogP contribution in [-0.2, 0) is 6.42 Å². The minimum absolute atomic E-state index is 0.983. The van der Waals surface area contributed by atoms with Crippen LogP contribution in [0.2, 0.25) is 0 Å². The van der Waals surface area contributed by atoms with E-state index >= 15 is 0 Å². The van der Waals surface area contributed by atoms with Crippen molar-refractivity contribution in [2.45, 2.75) is 12.8 Å². The number of pyridine rings is 1. The molecule has 0 saturated carbocycles. The van der Waals surface area contributed by atoms with Crippen molar-refractivity contribution in [3.63, 3.8) is 0 Å². The summed E-state index contributed by atoms with van der Waals surface area (Å²) in [5.74, 6) is 0.983. The molecule has 6 aromatic carbocycles. The fourth-order valence-corrected chi connectivity index (χ4v) is 10.1. The van der Waals surface area contributed by atoms with Crippen LogP contribution in [0.25, 0.3) is 98.0 Å². The molecule has 0 saturated heterocycles. The zero-order chi connectivity index (χ0) is 33.9. The van der Waals surface area contributed by atoms with Gasteiger partial charge in [-0.2, -0.15) is 0 Å². The monoisotopic (exact) mass is 682 g/mol. The molecule has 52 heavy (non-hydrogen) atoms. The van der Waals surface area contributed by atoms with Crippen molar-refractivity contribution in [2.24, 2.45) is 0 Å². The highest BCUT2D eigenvalue weighted by molar-refractivity contribution is 7.26. The maximum atomic E-state index is 5.04. The molecule has 4 nitrogen and oxygen atoms in total. The van der Waals surface area contributed by atoms with E-state index in [2.05, 4.69) is 165 Å². The summed E-state index contributed by atoms with van der Waals surface area (Å²) in [4.78, 5) is 5.04. The molecule has 0 amide bonds. The maximum Gasteiger partial charge on any atom is 0.155 e. The van der Waals surface area contributed by atoms with Gasteiger partial charge in [-0.05, 0) is 91.2 Å². The van der Waals surface area contributed by atoms with Crippen LogP contribution in [0.15, 0.2) is 152 Å². The molecule has 1 aliphatic carbocycles. The third-order valence-corrected chi connectivity index (χ3v) is 12.4. The van der Waals surface area contributed by atoms with Gasteiger partial charge in [0.1, 0.15) is 0 Å². The van der Waals surface area contributed by atoms with Crippen LogP contribution in [0.5, 0.6) is 0 Å². The summed E-state index contributed by atoms with van der Waals surface area (Å²) in [6, 6.07) is 51.2. The van der Waals surface area contributed by atoms with Gasteiger partial charge in [0.25, 0.3) is 0 Å². The Hall–Kier alpha value is -6.43. The molecule has 5 heterocycles. The molecule has 5 heteroatoms. The van der Waals surface area contributed by atoms with E-state index in [1.165, 1.54) is 91.6 Å². The van der Waals surface area contributed by atoms with Crippen LogP contribution in [-0.4, -0.2) is 18.7 Å². The third kappa shape index (κ3) is 3.78. The molecule has 0 bridgehead atoms. The first-order chi connectivity index (χ1) is 25.8. The van der Waals surface area contributed by atoms with Crippen molar-refractivity contribution < 1.29 is 0 Å². The molecule has 0 spiro atoms. The predicted octanol–water partition coefficient (Wildman–Crippen LogP) is 12.5. The van der Waals surface area contributed by atoms with E-state index in [0.717, 1.165) is 24.3 Å². The minimum Gasteiger partial charge on any atom is -0.310 e. The van der Waals surface area contributed by atoms with Gasteiger partial charge in [-0.25, -0.2) is 4.98 Å². The molecule has 0 fully saturated rings. The minimum atomic E-state index is 0.983. The number of benzene rings is 6. The number of para-hydroxylation sites is 4. The molecule has 0 aliphatic heterocycles. The molecule has 0 radical (unpaired) electrons. The number of nitrogens with zero attached hydrogens (tertiary/aromatic N) is 4. The van der Waals surface area contributed by atoms with Crippen LogP contribution in [0.4, 0.5) is 0 Å². The average molecular weight is 683 g/mol. The van der Waals surface area contributed by atoms with Crippen molar-refractivity contribution in [3.8, 4) is 17.2 Å². The van der Waals surface area contributed by atoms with Gasteiger partial charge in [-0.1, -0.05) is 78.9 Å². The number of aryl methyl sites for hydroxylation is 1. The van der Waals surface area contributed by atoms with Gasteiger partial charge in [0.05, 0.1) is 32.3 Å². The Labute approximate surface area is 302 Å². The quantitative estimate of drug-likeness (QED) is 0.182. The van der Waals surface area contributed by atoms with Gasteiger partial charge < -0.3 is 9.13 Å². The molecule has 5 aromatic heterocycles. The third-order valence-electron chi connectivity index (χ3n) is 11.2. The van der Waals surface area contributed by atoms with E-state index in [-0.39, 0.29) is 0 Å². The molecule has 1 aliphatic rings. The number of thiophene rings is 1. The lowest BCUT2D eigenvalue weighted by atomic mass is 10.0. The van der Waals surface area contributed by atoms with Gasteiger partial charge in [0.2, 0.25) is 0 Å². The first-order valence-electron chi connectivity index (χ1n) is 17.9. The van der Waals surface area contributed by atoms with E-state index in [0.29, 0.717) is 0 Å². The first kappa shape index (κ1) is 28.3. The van der Waals surface area contributed by atoms with Gasteiger partial charge in [0.15, 0.2) is 5.82 Å². The lowest BCUT2D eigenvalue weighted by molar-refractivity contribution is 0.968. The Bertz CT molecular complexity index is 3260. The smallest absolute Gasteiger partial charge is 0.155 e. The van der Waals surface area contributed by atoms with E-state index in [4.69, 9.17) is 4.98 Å². The van der Waals surface area contributed by atoms with Gasteiger partial charge >= 0.3 is 0 Å². The van der Waals surface area contributed by atoms with Crippen molar-refractivity contribution in [2.75, 3.05) is 0 Å². The standard InChI is InChI=1S/C47H30N4S/c1-6-16-39-31(11-1)32-12-2-7-17-40(32)49(39)29-21-23-44-37(27-29)35-15-5-8-18-41(35)50(44)30-22-24-45-38(28-30)36-25-26-48-47(46(36)52-45)51-42-19-9-3-13-33(42)34-14-4-10-20-43(34)51/h1,3-11,13-28H,2,12H2. The predicted molar refractivity (Wildman–Crippen MR) is 220 cm³/mol. The second-order valence-corrected chi connectivity index (χ2v) is 14.9. The molecular weight excluding hydrogens is 653 g/mol. The van der Waals surface area contributed by atoms with Crippen molar-refractivity contribution in [1.29, 1.82) is 0 Å². The van der Waals surface area contributed by atoms with Crippen LogP contribution in [0.3, 0.4) is 0 Å². The Morgan fingerprint density at radius 2 is 1.06 bits per heavy atom. The molecule has 12 rings (SSSR count). The number of aromatic nitrogens is 4. The first-order valence-corrected chi connectivity index (χ1v) is 18.8. The Morgan fingerprint density at radius 3 is 1.81 bits per heavy atom. The molecular formula is C47H30N4S. The summed E-state index contributed by atoms with van der Waals surface area (Å²) in [5, 5.41) is 8.85. The summed E-state index contributed by atoms with van der Waals surface area (Å²) in [6.45, 7) is 0. The van der Waals surface area contributed by atoms with E-state index in [1.54, 1.807) is 0 Å². The zero-order valence-corrected chi connectivity index (χ0v) is 28.9. The zero-order valence-electron chi connectivity index (χ0n) is 28.1. The second-order valence-electron chi connectivity index (χ2n) is 13.9. The number of hydrogen-bond acceptors (Lipinski definition) is 2. The highest BCUT2D eigenvalue weighted by atomic mass is 32.1. The molecule has 11 aromatic rings. The number of hydrogen-bond donors (Lipinski definition) is 0. The number of fused-ring (bicyclic) bond motifs is 12. The lowest BCUT2D eigenvalue weighted by Gasteiger charge is -2.13. The van der Waals surface area contributed by atoms with Crippen LogP contribution in [0.1, 0.15) is 17.7 Å². The van der Waals surface area contributed by atoms with Gasteiger partial charge in [-0.15, -0.1) is 11.3 Å². The summed E-state index contributed by atoms with van der Waals surface area (Å²) in [5.41, 5.74) is 11.2. The largest absolute Gasteiger partial charge is 0.310 e. The van der Waals surface area contributed by atoms with E-state index in [9.17, 15) is 0 Å². The highest BCUT2D eigenvalue weighted by Crippen LogP contribution is 2.42. The van der Waals surface area contributed by atoms with Crippen molar-refractivity contribution in [1.82, 2.24) is 18.7 Å². The molecule has 0 unspecified atom stereocenters. The summed E-state index contributed by atoms with van der Waals surface area (Å²) >= 11 is 1.83. The van der Waals surface area contributed by atoms with Crippen LogP contribution < -0.4 is 0 Å². The fourth-order valence-electron chi connectivity index (χ4n) is 8.97. The van der Waals surface area contributed by atoms with Crippen molar-refractivity contribution >= 4 is 92.1 Å². The number of rotatable bonds is 3. The number of allylic oxidation sites excluding steroid dienone is 1. The summed E-state index contributed by atoms with van der Waals surface area (Å²) < 4.78 is 9.70. The molecule has 244 valence electrons. The molecule has 0 N–H and O–H groups in total. The van der Waals surface area contributed by atoms with Gasteiger partial charge in [-0.3, -0.25) is 4.57 Å². The topological polar surface area (TPSA) is 27.7 Å². The van der Waals surface area contributed by atoms with Crippen LogP contribution >= 0.6 is 11.3 Å². The maximum absolute atomic E-state index is 5.04. The Morgan fingerprint density at radius 1 is 0.481 bits per heavy atom. The van der Waals surface area contributed by atoms with E-state index in [1.807, 2.05) is 17.5 Å².